The van der Waals surface area contributed by atoms with Gasteiger partial charge in [-0.25, -0.2) is 9.37 Å². The van der Waals surface area contributed by atoms with Crippen LogP contribution in [0.2, 0.25) is 0 Å². The number of nitrogens with one attached hydrogen (secondary N) is 1. The fourth-order valence-corrected chi connectivity index (χ4v) is 1.56. The van der Waals surface area contributed by atoms with Gasteiger partial charge in [0.1, 0.15) is 23.2 Å². The molecule has 2 aromatic heterocycles. The zero-order valence-electron chi connectivity index (χ0n) is 8.50. The van der Waals surface area contributed by atoms with Gasteiger partial charge in [-0.15, -0.1) is 0 Å². The Balaban J connectivity index is 2.79. The first-order valence-corrected chi connectivity index (χ1v) is 4.71. The summed E-state index contributed by atoms with van der Waals surface area (Å²) >= 11 is 0. The lowest BCUT2D eigenvalue weighted by molar-refractivity contribution is 0.639. The molecule has 2 heterocycles. The topological polar surface area (TPSA) is 52.5 Å². The highest BCUT2D eigenvalue weighted by Gasteiger charge is 2.12. The third-order valence-corrected chi connectivity index (χ3v) is 2.37. The van der Waals surface area contributed by atoms with Crippen molar-refractivity contribution in [1.29, 1.82) is 5.26 Å². The summed E-state index contributed by atoms with van der Waals surface area (Å²) in [5.41, 5.74) is 1.57. The number of hydrogen-bond acceptors (Lipinski definition) is 2. The van der Waals surface area contributed by atoms with Crippen molar-refractivity contribution in [3.05, 3.63) is 29.3 Å². The first-order chi connectivity index (χ1) is 7.13. The molecule has 4 heteroatoms. The van der Waals surface area contributed by atoms with Crippen LogP contribution in [0.15, 0.2) is 12.3 Å². The summed E-state index contributed by atoms with van der Waals surface area (Å²) in [6.45, 7) is 3.91. The van der Waals surface area contributed by atoms with Crippen LogP contribution in [0, 0.1) is 17.1 Å². The van der Waals surface area contributed by atoms with Crippen LogP contribution in [0.25, 0.3) is 11.0 Å². The molecule has 0 aliphatic heterocycles. The van der Waals surface area contributed by atoms with Crippen LogP contribution in [-0.2, 0) is 0 Å². The maximum atomic E-state index is 13.3. The SMILES string of the molecule is CC(C)c1cc2c(F)c[nH]c2nc1C#N. The Morgan fingerprint density at radius 1 is 1.53 bits per heavy atom. The zero-order valence-corrected chi connectivity index (χ0v) is 8.50. The standard InChI is InChI=1S/C11H10FN3/c1-6(2)7-3-8-9(12)5-14-11(8)15-10(7)4-13/h3,5-6H,1-2H3,(H,14,15). The molecule has 0 atom stereocenters. The van der Waals surface area contributed by atoms with E-state index in [4.69, 9.17) is 5.26 Å². The van der Waals surface area contributed by atoms with Crippen LogP contribution in [-0.4, -0.2) is 9.97 Å². The third-order valence-electron chi connectivity index (χ3n) is 2.37. The van der Waals surface area contributed by atoms with Crippen molar-refractivity contribution < 1.29 is 4.39 Å². The molecule has 0 radical (unpaired) electrons. The van der Waals surface area contributed by atoms with Gasteiger partial charge in [-0.1, -0.05) is 13.8 Å². The van der Waals surface area contributed by atoms with E-state index < -0.39 is 0 Å². The Labute approximate surface area is 86.6 Å². The molecule has 0 amide bonds. The average Bonchev–Trinajstić information content (AvgIpc) is 2.58. The van der Waals surface area contributed by atoms with Gasteiger partial charge >= 0.3 is 0 Å². The van der Waals surface area contributed by atoms with E-state index in [-0.39, 0.29) is 11.7 Å². The van der Waals surface area contributed by atoms with E-state index in [1.54, 1.807) is 6.07 Å². The number of H-pyrrole nitrogens is 1. The molecule has 0 aliphatic carbocycles. The van der Waals surface area contributed by atoms with Crippen LogP contribution in [0.5, 0.6) is 0 Å². The molecule has 0 saturated heterocycles. The molecule has 0 bridgehead atoms. The van der Waals surface area contributed by atoms with Gasteiger partial charge in [0, 0.05) is 6.20 Å². The number of rotatable bonds is 1. The molecular formula is C11H10FN3. The van der Waals surface area contributed by atoms with E-state index in [0.717, 1.165) is 5.56 Å². The molecule has 0 fully saturated rings. The monoisotopic (exact) mass is 203 g/mol. The summed E-state index contributed by atoms with van der Waals surface area (Å²) in [7, 11) is 0. The molecule has 0 aromatic carbocycles. The lowest BCUT2D eigenvalue weighted by Gasteiger charge is -2.06. The summed E-state index contributed by atoms with van der Waals surface area (Å²) < 4.78 is 13.3. The van der Waals surface area contributed by atoms with Gasteiger partial charge in [0.2, 0.25) is 0 Å². The summed E-state index contributed by atoms with van der Waals surface area (Å²) in [5.74, 6) is -0.172. The highest BCUT2D eigenvalue weighted by Crippen LogP contribution is 2.23. The second kappa shape index (κ2) is 3.35. The first-order valence-electron chi connectivity index (χ1n) is 4.71. The molecular weight excluding hydrogens is 193 g/mol. The van der Waals surface area contributed by atoms with Crippen LogP contribution < -0.4 is 0 Å². The number of halogens is 1. The van der Waals surface area contributed by atoms with Gasteiger partial charge < -0.3 is 4.98 Å². The quantitative estimate of drug-likeness (QED) is 0.774. The summed E-state index contributed by atoms with van der Waals surface area (Å²) in [6.07, 6.45) is 1.25. The molecule has 2 aromatic rings. The van der Waals surface area contributed by atoms with Crippen LogP contribution >= 0.6 is 0 Å². The molecule has 0 spiro atoms. The van der Waals surface area contributed by atoms with E-state index in [1.165, 1.54) is 6.20 Å². The fraction of sp³-hybridized carbons (Fsp3) is 0.273. The molecule has 76 valence electrons. The van der Waals surface area contributed by atoms with Crippen LogP contribution in [0.1, 0.15) is 31.0 Å². The van der Waals surface area contributed by atoms with Crippen molar-refractivity contribution in [3.8, 4) is 6.07 Å². The number of nitrogens with zero attached hydrogens (tertiary/aromatic N) is 2. The molecule has 2 rings (SSSR count). The highest BCUT2D eigenvalue weighted by molar-refractivity contribution is 5.78. The van der Waals surface area contributed by atoms with E-state index in [1.807, 2.05) is 19.9 Å². The number of aromatic amines is 1. The van der Waals surface area contributed by atoms with Crippen molar-refractivity contribution in [1.82, 2.24) is 9.97 Å². The summed E-state index contributed by atoms with van der Waals surface area (Å²) in [6, 6.07) is 3.72. The van der Waals surface area contributed by atoms with Gasteiger partial charge in [0.05, 0.1) is 5.39 Å². The van der Waals surface area contributed by atoms with Gasteiger partial charge in [-0.2, -0.15) is 5.26 Å². The number of hydrogen-bond donors (Lipinski definition) is 1. The number of aromatic nitrogens is 2. The lowest BCUT2D eigenvalue weighted by Crippen LogP contribution is -1.96. The molecule has 0 aliphatic rings. The van der Waals surface area contributed by atoms with Gasteiger partial charge in [0.25, 0.3) is 0 Å². The minimum absolute atomic E-state index is 0.158. The normalized spacial score (nSPS) is 10.9. The molecule has 15 heavy (non-hydrogen) atoms. The Hall–Kier alpha value is -1.89. The average molecular weight is 203 g/mol. The van der Waals surface area contributed by atoms with E-state index in [0.29, 0.717) is 16.7 Å². The largest absolute Gasteiger partial charge is 0.343 e. The van der Waals surface area contributed by atoms with Crippen molar-refractivity contribution in [2.75, 3.05) is 0 Å². The molecule has 1 N–H and O–H groups in total. The van der Waals surface area contributed by atoms with Crippen LogP contribution in [0.4, 0.5) is 4.39 Å². The predicted octanol–water partition coefficient (Wildman–Crippen LogP) is 2.70. The van der Waals surface area contributed by atoms with Gasteiger partial charge in [-0.3, -0.25) is 0 Å². The Kier molecular flexibility index (Phi) is 2.16. The number of pyridine rings is 1. The maximum Gasteiger partial charge on any atom is 0.150 e. The van der Waals surface area contributed by atoms with Gasteiger partial charge in [0.15, 0.2) is 0 Å². The maximum absolute atomic E-state index is 13.3. The predicted molar refractivity (Wildman–Crippen MR) is 54.9 cm³/mol. The van der Waals surface area contributed by atoms with Crippen molar-refractivity contribution in [3.63, 3.8) is 0 Å². The van der Waals surface area contributed by atoms with Crippen LogP contribution in [0.3, 0.4) is 0 Å². The van der Waals surface area contributed by atoms with E-state index in [9.17, 15) is 4.39 Å². The second-order valence-electron chi connectivity index (χ2n) is 3.73. The Morgan fingerprint density at radius 2 is 2.27 bits per heavy atom. The second-order valence-corrected chi connectivity index (χ2v) is 3.73. The van der Waals surface area contributed by atoms with Crippen molar-refractivity contribution in [2.24, 2.45) is 0 Å². The number of fused-ring (bicyclic) bond motifs is 1. The highest BCUT2D eigenvalue weighted by atomic mass is 19.1. The third kappa shape index (κ3) is 1.46. The van der Waals surface area contributed by atoms with E-state index >= 15 is 0 Å². The summed E-state index contributed by atoms with van der Waals surface area (Å²) in [5, 5.41) is 9.36. The van der Waals surface area contributed by atoms with E-state index in [2.05, 4.69) is 9.97 Å². The van der Waals surface area contributed by atoms with Gasteiger partial charge in [-0.05, 0) is 17.5 Å². The smallest absolute Gasteiger partial charge is 0.150 e. The van der Waals surface area contributed by atoms with Crippen molar-refractivity contribution in [2.45, 2.75) is 19.8 Å². The minimum atomic E-state index is -0.330. The lowest BCUT2D eigenvalue weighted by atomic mass is 10.0. The fourth-order valence-electron chi connectivity index (χ4n) is 1.56. The zero-order chi connectivity index (χ0) is 11.0. The Bertz CT molecular complexity index is 549. The minimum Gasteiger partial charge on any atom is -0.343 e. The number of nitriles is 1. The van der Waals surface area contributed by atoms with Crippen molar-refractivity contribution >= 4 is 11.0 Å². The molecule has 0 unspecified atom stereocenters. The summed E-state index contributed by atoms with van der Waals surface area (Å²) in [4.78, 5) is 6.77. The molecule has 0 saturated carbocycles. The molecule has 3 nitrogen and oxygen atoms in total. The first kappa shape index (κ1) is 9.66. The Morgan fingerprint density at radius 3 is 2.87 bits per heavy atom.